The highest BCUT2D eigenvalue weighted by atomic mass is 16.5. The van der Waals surface area contributed by atoms with Crippen LogP contribution in [0.3, 0.4) is 0 Å². The van der Waals surface area contributed by atoms with Crippen LogP contribution >= 0.6 is 0 Å². The number of likely N-dealkylation sites (N-methyl/N-ethyl adjacent to an activating group) is 1. The molecule has 2 aromatic rings. The minimum atomic E-state index is -0.262. The Morgan fingerprint density at radius 3 is 2.78 bits per heavy atom. The van der Waals surface area contributed by atoms with Crippen molar-refractivity contribution in [2.75, 3.05) is 20.7 Å². The highest BCUT2D eigenvalue weighted by Gasteiger charge is 2.37. The van der Waals surface area contributed by atoms with Crippen molar-refractivity contribution in [3.63, 3.8) is 0 Å². The number of amides is 2. The number of nitrogens with zero attached hydrogens (tertiary/aromatic N) is 5. The fraction of sp³-hybridized carbons (Fsp3) is 0.556. The summed E-state index contributed by atoms with van der Waals surface area (Å²) in [4.78, 5) is 27.0. The van der Waals surface area contributed by atoms with E-state index in [4.69, 9.17) is 4.74 Å². The minimum absolute atomic E-state index is 0.0732. The van der Waals surface area contributed by atoms with Crippen LogP contribution in [0.25, 0.3) is 0 Å². The summed E-state index contributed by atoms with van der Waals surface area (Å²) >= 11 is 0. The molecule has 9 heteroatoms. The van der Waals surface area contributed by atoms with Crippen LogP contribution in [0.5, 0.6) is 5.88 Å². The molecule has 2 aromatic heterocycles. The van der Waals surface area contributed by atoms with E-state index in [9.17, 15) is 9.59 Å². The van der Waals surface area contributed by atoms with E-state index in [1.807, 2.05) is 6.92 Å². The Balaban J connectivity index is 1.67. The van der Waals surface area contributed by atoms with Gasteiger partial charge in [0.05, 0.1) is 19.3 Å². The van der Waals surface area contributed by atoms with Gasteiger partial charge < -0.3 is 15.0 Å². The van der Waals surface area contributed by atoms with Crippen molar-refractivity contribution in [3.05, 3.63) is 29.7 Å². The summed E-state index contributed by atoms with van der Waals surface area (Å²) in [5.41, 5.74) is 0.801. The van der Waals surface area contributed by atoms with Crippen LogP contribution in [0.1, 0.15) is 40.6 Å². The van der Waals surface area contributed by atoms with Gasteiger partial charge in [-0.1, -0.05) is 0 Å². The molecule has 1 aliphatic carbocycles. The fourth-order valence-corrected chi connectivity index (χ4v) is 3.20. The van der Waals surface area contributed by atoms with E-state index >= 15 is 0 Å². The van der Waals surface area contributed by atoms with Crippen LogP contribution < -0.4 is 10.1 Å². The third kappa shape index (κ3) is 3.96. The summed E-state index contributed by atoms with van der Waals surface area (Å²) in [6, 6.07) is 1.65. The zero-order valence-electron chi connectivity index (χ0n) is 16.2. The summed E-state index contributed by atoms with van der Waals surface area (Å²) in [7, 11) is 4.99. The molecule has 1 unspecified atom stereocenters. The Labute approximate surface area is 158 Å². The third-order valence-electron chi connectivity index (χ3n) is 4.96. The van der Waals surface area contributed by atoms with E-state index in [2.05, 4.69) is 15.5 Å². The maximum absolute atomic E-state index is 12.8. The predicted molar refractivity (Wildman–Crippen MR) is 98.6 cm³/mol. The molecule has 0 aromatic carbocycles. The topological polar surface area (TPSA) is 94.3 Å². The van der Waals surface area contributed by atoms with Crippen LogP contribution in [0, 0.1) is 5.92 Å². The summed E-state index contributed by atoms with van der Waals surface area (Å²) in [5.74, 6) is 0.405. The standard InChI is InChI=1S/C18H26N6O3/c1-5-24-9-8-14(21-24)17(26)22(2)15(12-6-7-12)11-19-16(25)13-10-20-23(3)18(13)27-4/h8-10,12,15H,5-7,11H2,1-4H3,(H,19,25). The van der Waals surface area contributed by atoms with E-state index in [0.717, 1.165) is 12.8 Å². The summed E-state index contributed by atoms with van der Waals surface area (Å²) in [6.45, 7) is 3.06. The molecule has 2 heterocycles. The Morgan fingerprint density at radius 2 is 2.19 bits per heavy atom. The summed E-state index contributed by atoms with van der Waals surface area (Å²) in [6.07, 6.45) is 5.38. The molecule has 146 valence electrons. The van der Waals surface area contributed by atoms with Gasteiger partial charge in [0.25, 0.3) is 11.8 Å². The van der Waals surface area contributed by atoms with E-state index in [1.165, 1.54) is 18.0 Å². The molecule has 0 spiro atoms. The van der Waals surface area contributed by atoms with E-state index in [1.54, 1.807) is 35.9 Å². The van der Waals surface area contributed by atoms with Gasteiger partial charge in [0, 0.05) is 33.4 Å². The molecule has 1 saturated carbocycles. The van der Waals surface area contributed by atoms with Crippen molar-refractivity contribution in [2.45, 2.75) is 32.4 Å². The lowest BCUT2D eigenvalue weighted by atomic mass is 10.1. The first kappa shape index (κ1) is 18.9. The lowest BCUT2D eigenvalue weighted by Gasteiger charge is -2.28. The monoisotopic (exact) mass is 374 g/mol. The molecule has 27 heavy (non-hydrogen) atoms. The van der Waals surface area contributed by atoms with E-state index in [0.29, 0.717) is 36.1 Å². The number of carbonyl (C=O) groups is 2. The van der Waals surface area contributed by atoms with Crippen LogP contribution in [-0.2, 0) is 13.6 Å². The van der Waals surface area contributed by atoms with Crippen molar-refractivity contribution < 1.29 is 14.3 Å². The zero-order chi connectivity index (χ0) is 19.6. The second-order valence-corrected chi connectivity index (χ2v) is 6.78. The first-order valence-electron chi connectivity index (χ1n) is 9.11. The normalized spacial score (nSPS) is 14.7. The average molecular weight is 374 g/mol. The van der Waals surface area contributed by atoms with Gasteiger partial charge in [0.15, 0.2) is 0 Å². The average Bonchev–Trinajstić information content (AvgIpc) is 3.26. The van der Waals surface area contributed by atoms with Gasteiger partial charge in [-0.25, -0.2) is 4.68 Å². The van der Waals surface area contributed by atoms with Crippen LogP contribution in [-0.4, -0.2) is 63.0 Å². The number of methoxy groups -OCH3 is 1. The molecule has 0 aliphatic heterocycles. The fourth-order valence-electron chi connectivity index (χ4n) is 3.20. The van der Waals surface area contributed by atoms with Crippen molar-refractivity contribution >= 4 is 11.8 Å². The Morgan fingerprint density at radius 1 is 1.44 bits per heavy atom. The second kappa shape index (κ2) is 7.81. The van der Waals surface area contributed by atoms with Gasteiger partial charge in [0.2, 0.25) is 5.88 Å². The van der Waals surface area contributed by atoms with Crippen molar-refractivity contribution in [1.29, 1.82) is 0 Å². The lowest BCUT2D eigenvalue weighted by Crippen LogP contribution is -2.46. The van der Waals surface area contributed by atoms with E-state index in [-0.39, 0.29) is 17.9 Å². The molecule has 2 amide bonds. The van der Waals surface area contributed by atoms with Gasteiger partial charge in [-0.15, -0.1) is 0 Å². The molecular formula is C18H26N6O3. The van der Waals surface area contributed by atoms with Crippen molar-refractivity contribution in [1.82, 2.24) is 29.8 Å². The largest absolute Gasteiger partial charge is 0.481 e. The van der Waals surface area contributed by atoms with Crippen LogP contribution in [0.4, 0.5) is 0 Å². The van der Waals surface area contributed by atoms with Gasteiger partial charge in [-0.2, -0.15) is 10.2 Å². The summed E-state index contributed by atoms with van der Waals surface area (Å²) in [5, 5.41) is 11.3. The molecule has 3 rings (SSSR count). The molecular weight excluding hydrogens is 348 g/mol. The van der Waals surface area contributed by atoms with Crippen LogP contribution in [0.2, 0.25) is 0 Å². The van der Waals surface area contributed by atoms with Gasteiger partial charge in [-0.3, -0.25) is 14.3 Å². The Bertz CT molecular complexity index is 823. The van der Waals surface area contributed by atoms with Gasteiger partial charge >= 0.3 is 0 Å². The molecule has 1 aliphatic rings. The number of rotatable bonds is 8. The van der Waals surface area contributed by atoms with Crippen LogP contribution in [0.15, 0.2) is 18.5 Å². The maximum Gasteiger partial charge on any atom is 0.274 e. The number of carbonyl (C=O) groups excluding carboxylic acids is 2. The molecule has 0 radical (unpaired) electrons. The number of hydrogen-bond donors (Lipinski definition) is 1. The maximum atomic E-state index is 12.8. The third-order valence-corrected chi connectivity index (χ3v) is 4.96. The summed E-state index contributed by atoms with van der Waals surface area (Å²) < 4.78 is 8.46. The highest BCUT2D eigenvalue weighted by Crippen LogP contribution is 2.35. The Kier molecular flexibility index (Phi) is 5.48. The quantitative estimate of drug-likeness (QED) is 0.742. The number of aryl methyl sites for hydroxylation is 2. The van der Waals surface area contributed by atoms with Crippen molar-refractivity contribution in [3.8, 4) is 5.88 Å². The predicted octanol–water partition coefficient (Wildman–Crippen LogP) is 0.926. The molecule has 0 saturated heterocycles. The minimum Gasteiger partial charge on any atom is -0.481 e. The molecule has 1 fully saturated rings. The van der Waals surface area contributed by atoms with E-state index < -0.39 is 0 Å². The molecule has 9 nitrogen and oxygen atoms in total. The number of ether oxygens (including phenoxy) is 1. The first-order valence-corrected chi connectivity index (χ1v) is 9.11. The second-order valence-electron chi connectivity index (χ2n) is 6.78. The van der Waals surface area contributed by atoms with Gasteiger partial charge in [0.1, 0.15) is 11.3 Å². The van der Waals surface area contributed by atoms with Gasteiger partial charge in [-0.05, 0) is 31.7 Å². The molecule has 1 atom stereocenters. The highest BCUT2D eigenvalue weighted by molar-refractivity contribution is 5.96. The SMILES string of the molecule is CCn1ccc(C(=O)N(C)C(CNC(=O)c2cnn(C)c2OC)C2CC2)n1. The zero-order valence-corrected chi connectivity index (χ0v) is 16.2. The Hall–Kier alpha value is -2.84. The number of hydrogen-bond acceptors (Lipinski definition) is 5. The molecule has 1 N–H and O–H groups in total. The van der Waals surface area contributed by atoms with Crippen molar-refractivity contribution in [2.24, 2.45) is 13.0 Å². The molecule has 0 bridgehead atoms. The smallest absolute Gasteiger partial charge is 0.274 e. The first-order chi connectivity index (χ1) is 13.0. The lowest BCUT2D eigenvalue weighted by molar-refractivity contribution is 0.0692. The number of nitrogens with one attached hydrogen (secondary N) is 1. The number of aromatic nitrogens is 4.